The predicted octanol–water partition coefficient (Wildman–Crippen LogP) is 3.41. The second-order valence-corrected chi connectivity index (χ2v) is 4.73. The second kappa shape index (κ2) is 5.74. The van der Waals surface area contributed by atoms with Crippen LogP contribution in [0.4, 0.5) is 13.2 Å². The number of halogens is 3. The van der Waals surface area contributed by atoms with Crippen molar-refractivity contribution in [3.8, 4) is 0 Å². The quantitative estimate of drug-likeness (QED) is 0.788. The summed E-state index contributed by atoms with van der Waals surface area (Å²) in [6, 6.07) is 4.87. The molecule has 0 radical (unpaired) electrons. The molecule has 5 heteroatoms. The van der Waals surface area contributed by atoms with Gasteiger partial charge in [-0.15, -0.1) is 0 Å². The van der Waals surface area contributed by atoms with E-state index in [1.165, 1.54) is 12.1 Å². The molecule has 1 fully saturated rings. The van der Waals surface area contributed by atoms with Crippen molar-refractivity contribution >= 4 is 6.29 Å². The lowest BCUT2D eigenvalue weighted by atomic mass is 9.82. The number of ether oxygens (including phenoxy) is 1. The van der Waals surface area contributed by atoms with E-state index < -0.39 is 11.7 Å². The van der Waals surface area contributed by atoms with Crippen molar-refractivity contribution < 1.29 is 22.7 Å². The first kappa shape index (κ1) is 14.1. The average Bonchev–Trinajstić information content (AvgIpc) is 2.40. The van der Waals surface area contributed by atoms with Gasteiger partial charge in [0.1, 0.15) is 6.29 Å². The summed E-state index contributed by atoms with van der Waals surface area (Å²) in [5, 5.41) is 0. The SMILES string of the molecule is O=CC(c1ccc(C(F)(F)F)cc1)C1CCOCC1. The zero-order chi connectivity index (χ0) is 13.9. The van der Waals surface area contributed by atoms with E-state index in [4.69, 9.17) is 4.74 Å². The Morgan fingerprint density at radius 1 is 1.16 bits per heavy atom. The van der Waals surface area contributed by atoms with Crippen molar-refractivity contribution in [2.45, 2.75) is 24.9 Å². The molecule has 1 saturated heterocycles. The maximum absolute atomic E-state index is 12.5. The number of carbonyl (C=O) groups is 1. The highest BCUT2D eigenvalue weighted by molar-refractivity contribution is 5.62. The Morgan fingerprint density at radius 3 is 2.21 bits per heavy atom. The standard InChI is InChI=1S/C14H15F3O2/c15-14(16,17)12-3-1-10(2-4-12)13(9-18)11-5-7-19-8-6-11/h1-4,9,11,13H,5-8H2. The molecule has 1 aliphatic heterocycles. The molecule has 0 aromatic heterocycles. The van der Waals surface area contributed by atoms with Gasteiger partial charge in [0.25, 0.3) is 0 Å². The average molecular weight is 272 g/mol. The minimum atomic E-state index is -4.34. The lowest BCUT2D eigenvalue weighted by molar-refractivity contribution is -0.137. The van der Waals surface area contributed by atoms with E-state index in [-0.39, 0.29) is 11.8 Å². The van der Waals surface area contributed by atoms with Gasteiger partial charge < -0.3 is 9.53 Å². The van der Waals surface area contributed by atoms with E-state index in [1.807, 2.05) is 0 Å². The lowest BCUT2D eigenvalue weighted by Crippen LogP contribution is -2.23. The van der Waals surface area contributed by atoms with Crippen LogP contribution in [0.2, 0.25) is 0 Å². The van der Waals surface area contributed by atoms with E-state index >= 15 is 0 Å². The van der Waals surface area contributed by atoms with Crippen LogP contribution in [0.1, 0.15) is 29.9 Å². The fraction of sp³-hybridized carbons (Fsp3) is 0.500. The summed E-state index contributed by atoms with van der Waals surface area (Å²) in [6.07, 6.45) is -1.97. The molecule has 1 aromatic rings. The van der Waals surface area contributed by atoms with Gasteiger partial charge in [-0.05, 0) is 36.5 Å². The first-order valence-corrected chi connectivity index (χ1v) is 6.22. The Balaban J connectivity index is 2.16. The van der Waals surface area contributed by atoms with Crippen LogP contribution in [-0.2, 0) is 15.7 Å². The summed E-state index contributed by atoms with van der Waals surface area (Å²) in [5.41, 5.74) is -0.0391. The van der Waals surface area contributed by atoms with Crippen LogP contribution < -0.4 is 0 Å². The van der Waals surface area contributed by atoms with Gasteiger partial charge in [-0.25, -0.2) is 0 Å². The molecule has 2 nitrogen and oxygen atoms in total. The molecule has 0 aliphatic carbocycles. The van der Waals surface area contributed by atoms with Crippen LogP contribution in [0, 0.1) is 5.92 Å². The number of carbonyl (C=O) groups excluding carboxylic acids is 1. The van der Waals surface area contributed by atoms with E-state index in [0.717, 1.165) is 31.3 Å². The van der Waals surface area contributed by atoms with Crippen molar-refractivity contribution in [3.63, 3.8) is 0 Å². The molecule has 19 heavy (non-hydrogen) atoms. The summed E-state index contributed by atoms with van der Waals surface area (Å²) in [4.78, 5) is 11.2. The molecule has 2 rings (SSSR count). The molecule has 0 N–H and O–H groups in total. The van der Waals surface area contributed by atoms with Crippen LogP contribution in [0.5, 0.6) is 0 Å². The van der Waals surface area contributed by atoms with Crippen LogP contribution >= 0.6 is 0 Å². The number of benzene rings is 1. The highest BCUT2D eigenvalue weighted by Gasteiger charge is 2.31. The summed E-state index contributed by atoms with van der Waals surface area (Å²) in [6.45, 7) is 1.21. The van der Waals surface area contributed by atoms with Crippen molar-refractivity contribution in [1.82, 2.24) is 0 Å². The first-order valence-electron chi connectivity index (χ1n) is 6.22. The fourth-order valence-electron chi connectivity index (χ4n) is 2.43. The number of alkyl halides is 3. The van der Waals surface area contributed by atoms with Gasteiger partial charge in [-0.1, -0.05) is 12.1 Å². The molecule has 1 atom stereocenters. The van der Waals surface area contributed by atoms with E-state index in [1.54, 1.807) is 0 Å². The fourth-order valence-corrected chi connectivity index (χ4v) is 2.43. The Labute approximate surface area is 109 Å². The smallest absolute Gasteiger partial charge is 0.381 e. The van der Waals surface area contributed by atoms with Crippen molar-refractivity contribution in [3.05, 3.63) is 35.4 Å². The molecule has 0 bridgehead atoms. The normalized spacial score (nSPS) is 19.1. The van der Waals surface area contributed by atoms with Gasteiger partial charge in [0.2, 0.25) is 0 Å². The third kappa shape index (κ3) is 3.35. The number of rotatable bonds is 3. The molecule has 1 heterocycles. The summed E-state index contributed by atoms with van der Waals surface area (Å²) < 4.78 is 42.6. The minimum Gasteiger partial charge on any atom is -0.381 e. The van der Waals surface area contributed by atoms with Gasteiger partial charge in [0.15, 0.2) is 0 Å². The van der Waals surface area contributed by atoms with E-state index in [0.29, 0.717) is 18.8 Å². The minimum absolute atomic E-state index is 0.156. The molecule has 0 saturated carbocycles. The second-order valence-electron chi connectivity index (χ2n) is 4.73. The van der Waals surface area contributed by atoms with Gasteiger partial charge in [0.05, 0.1) is 5.56 Å². The van der Waals surface area contributed by atoms with Gasteiger partial charge in [0, 0.05) is 19.1 Å². The first-order chi connectivity index (χ1) is 9.02. The van der Waals surface area contributed by atoms with Crippen LogP contribution in [0.25, 0.3) is 0 Å². The molecular formula is C14H15F3O2. The van der Waals surface area contributed by atoms with E-state index in [2.05, 4.69) is 0 Å². The van der Waals surface area contributed by atoms with E-state index in [9.17, 15) is 18.0 Å². The maximum atomic E-state index is 12.5. The maximum Gasteiger partial charge on any atom is 0.416 e. The van der Waals surface area contributed by atoms with Crippen LogP contribution in [0.15, 0.2) is 24.3 Å². The molecule has 1 unspecified atom stereocenters. The largest absolute Gasteiger partial charge is 0.416 e. The Kier molecular flexibility index (Phi) is 4.24. The predicted molar refractivity (Wildman–Crippen MR) is 63.8 cm³/mol. The zero-order valence-corrected chi connectivity index (χ0v) is 10.3. The topological polar surface area (TPSA) is 26.3 Å². The number of hydrogen-bond donors (Lipinski definition) is 0. The molecule has 0 amide bonds. The molecule has 0 spiro atoms. The molecule has 1 aromatic carbocycles. The van der Waals surface area contributed by atoms with Crippen LogP contribution in [0.3, 0.4) is 0 Å². The Morgan fingerprint density at radius 2 is 1.74 bits per heavy atom. The third-order valence-corrected chi connectivity index (χ3v) is 3.54. The van der Waals surface area contributed by atoms with Gasteiger partial charge in [-0.2, -0.15) is 13.2 Å². The van der Waals surface area contributed by atoms with Gasteiger partial charge >= 0.3 is 6.18 Å². The number of hydrogen-bond acceptors (Lipinski definition) is 2. The molecular weight excluding hydrogens is 257 g/mol. The Bertz CT molecular complexity index is 419. The van der Waals surface area contributed by atoms with Gasteiger partial charge in [-0.3, -0.25) is 0 Å². The summed E-state index contributed by atoms with van der Waals surface area (Å²) >= 11 is 0. The number of aldehydes is 1. The zero-order valence-electron chi connectivity index (χ0n) is 10.3. The highest BCUT2D eigenvalue weighted by atomic mass is 19.4. The summed E-state index contributed by atoms with van der Waals surface area (Å²) in [7, 11) is 0. The lowest BCUT2D eigenvalue weighted by Gasteiger charge is -2.27. The van der Waals surface area contributed by atoms with Crippen LogP contribution in [-0.4, -0.2) is 19.5 Å². The monoisotopic (exact) mass is 272 g/mol. The van der Waals surface area contributed by atoms with Crippen molar-refractivity contribution in [2.75, 3.05) is 13.2 Å². The van der Waals surface area contributed by atoms with Crippen molar-refractivity contribution in [2.24, 2.45) is 5.92 Å². The molecule has 104 valence electrons. The molecule has 1 aliphatic rings. The Hall–Kier alpha value is -1.36. The third-order valence-electron chi connectivity index (χ3n) is 3.54. The summed E-state index contributed by atoms with van der Waals surface area (Å²) in [5.74, 6) is -0.186. The highest BCUT2D eigenvalue weighted by Crippen LogP contribution is 2.33. The van der Waals surface area contributed by atoms with Crippen molar-refractivity contribution in [1.29, 1.82) is 0 Å².